The van der Waals surface area contributed by atoms with Crippen molar-refractivity contribution in [3.63, 3.8) is 0 Å². The van der Waals surface area contributed by atoms with Crippen molar-refractivity contribution in [3.8, 4) is 0 Å². The van der Waals surface area contributed by atoms with E-state index in [9.17, 15) is 0 Å². The first-order valence-corrected chi connectivity index (χ1v) is 13.9. The van der Waals surface area contributed by atoms with Crippen LogP contribution < -0.4 is 0 Å². The topological polar surface area (TPSA) is 19.0 Å². The molecule has 2 aliphatic heterocycles. The normalized spacial score (nSPS) is 19.3. The lowest BCUT2D eigenvalue weighted by atomic mass is 9.67. The first kappa shape index (κ1) is 34.0. The molecule has 4 nitrogen and oxygen atoms in total. The lowest BCUT2D eigenvalue weighted by Gasteiger charge is -2.49. The molecule has 0 aliphatic carbocycles. The Morgan fingerprint density at radius 3 is 1.69 bits per heavy atom. The van der Waals surface area contributed by atoms with Crippen LogP contribution in [-0.2, 0) is 4.74 Å². The van der Waals surface area contributed by atoms with Crippen LogP contribution in [0.2, 0.25) is 0 Å². The number of hydrogen-bond acceptors (Lipinski definition) is 4. The van der Waals surface area contributed by atoms with Crippen molar-refractivity contribution >= 4 is 0 Å². The van der Waals surface area contributed by atoms with Crippen LogP contribution in [0.4, 0.5) is 0 Å². The van der Waals surface area contributed by atoms with Crippen LogP contribution in [0, 0.1) is 11.3 Å². The van der Waals surface area contributed by atoms with Gasteiger partial charge in [0, 0.05) is 38.3 Å². The summed E-state index contributed by atoms with van der Waals surface area (Å²) in [6.45, 7) is 35.4. The second-order valence-corrected chi connectivity index (χ2v) is 10.3. The maximum Gasteiger partial charge on any atom is 0.0596 e. The van der Waals surface area contributed by atoms with Crippen LogP contribution in [0.15, 0.2) is 0 Å². The molecule has 32 heavy (non-hydrogen) atoms. The summed E-state index contributed by atoms with van der Waals surface area (Å²) in [5.41, 5.74) is 0.709. The predicted octanol–water partition coefficient (Wildman–Crippen LogP) is 6.64. The Labute approximate surface area is 204 Å². The fourth-order valence-electron chi connectivity index (χ4n) is 5.16. The second-order valence-electron chi connectivity index (χ2n) is 10.3. The summed E-state index contributed by atoms with van der Waals surface area (Å²) < 4.78 is 5.72. The largest absolute Gasteiger partial charge is 0.377 e. The Kier molecular flexibility index (Phi) is 19.3. The Bertz CT molecular complexity index is 407. The number of piperazine rings is 1. The standard InChI is InChI=1S/C22H45N3O.3C2H6/c1-19(2)26-17-16-24-12-14-25(15-13-24)22(5,6)18-21(3,4)20-8-10-23(7)11-9-20;3*1-2/h19-20H,8-18H2,1-7H3;3*1-2H3. The van der Waals surface area contributed by atoms with Gasteiger partial charge in [0.2, 0.25) is 0 Å². The van der Waals surface area contributed by atoms with Gasteiger partial charge < -0.3 is 9.64 Å². The van der Waals surface area contributed by atoms with Gasteiger partial charge in [-0.3, -0.25) is 9.80 Å². The third-order valence-corrected chi connectivity index (χ3v) is 6.80. The number of piperidine rings is 1. The molecule has 2 fully saturated rings. The molecular weight excluding hydrogens is 394 g/mol. The summed E-state index contributed by atoms with van der Waals surface area (Å²) in [6.07, 6.45) is 4.37. The SMILES string of the molecule is CC.CC.CC.CC(C)OCCN1CCN(C(C)(C)CC(C)(C)C2CCN(C)CC2)CC1. The van der Waals surface area contributed by atoms with E-state index in [0.717, 1.165) is 19.1 Å². The monoisotopic (exact) mass is 457 g/mol. The van der Waals surface area contributed by atoms with Gasteiger partial charge in [-0.15, -0.1) is 0 Å². The fourth-order valence-corrected chi connectivity index (χ4v) is 5.16. The van der Waals surface area contributed by atoms with E-state index >= 15 is 0 Å². The molecule has 4 heteroatoms. The maximum atomic E-state index is 5.72. The summed E-state index contributed by atoms with van der Waals surface area (Å²) in [5.74, 6) is 0.868. The summed E-state index contributed by atoms with van der Waals surface area (Å²) in [5, 5.41) is 0. The van der Waals surface area contributed by atoms with Crippen LogP contribution >= 0.6 is 0 Å². The van der Waals surface area contributed by atoms with Gasteiger partial charge in [0.1, 0.15) is 0 Å². The molecule has 2 rings (SSSR count). The minimum absolute atomic E-state index is 0.285. The highest BCUT2D eigenvalue weighted by molar-refractivity contribution is 4.93. The first-order chi connectivity index (χ1) is 15.1. The fraction of sp³-hybridized carbons (Fsp3) is 1.00. The van der Waals surface area contributed by atoms with Crippen LogP contribution in [0.25, 0.3) is 0 Å². The molecule has 0 aromatic heterocycles. The van der Waals surface area contributed by atoms with E-state index in [0.29, 0.717) is 11.5 Å². The molecule has 0 amide bonds. The summed E-state index contributed by atoms with van der Waals surface area (Å²) >= 11 is 0. The van der Waals surface area contributed by atoms with Gasteiger partial charge in [0.05, 0.1) is 12.7 Å². The van der Waals surface area contributed by atoms with Crippen molar-refractivity contribution in [1.29, 1.82) is 0 Å². The Hall–Kier alpha value is -0.160. The molecule has 0 aromatic rings. The van der Waals surface area contributed by atoms with Crippen LogP contribution in [0.1, 0.15) is 102 Å². The lowest BCUT2D eigenvalue weighted by Crippen LogP contribution is -2.56. The van der Waals surface area contributed by atoms with Gasteiger partial charge in [-0.25, -0.2) is 0 Å². The minimum Gasteiger partial charge on any atom is -0.377 e. The van der Waals surface area contributed by atoms with Crippen LogP contribution in [-0.4, -0.2) is 85.8 Å². The van der Waals surface area contributed by atoms with E-state index in [4.69, 9.17) is 4.74 Å². The molecule has 0 saturated carbocycles. The van der Waals surface area contributed by atoms with E-state index < -0.39 is 0 Å². The second kappa shape index (κ2) is 18.2. The Balaban J connectivity index is 0. The Morgan fingerprint density at radius 2 is 1.25 bits per heavy atom. The van der Waals surface area contributed by atoms with Crippen molar-refractivity contribution < 1.29 is 4.74 Å². The zero-order valence-corrected chi connectivity index (χ0v) is 24.7. The minimum atomic E-state index is 0.285. The molecule has 0 aromatic carbocycles. The summed E-state index contributed by atoms with van der Waals surface area (Å²) in [4.78, 5) is 7.79. The molecule has 0 radical (unpaired) electrons. The van der Waals surface area contributed by atoms with E-state index in [2.05, 4.69) is 63.3 Å². The summed E-state index contributed by atoms with van der Waals surface area (Å²) in [6, 6.07) is 0. The van der Waals surface area contributed by atoms with Gasteiger partial charge in [0.25, 0.3) is 0 Å². The molecule has 0 bridgehead atoms. The highest BCUT2D eigenvalue weighted by Crippen LogP contribution is 2.42. The van der Waals surface area contributed by atoms with Crippen LogP contribution in [0.5, 0.6) is 0 Å². The van der Waals surface area contributed by atoms with Crippen LogP contribution in [0.3, 0.4) is 0 Å². The molecular formula is C28H63N3O. The van der Waals surface area contributed by atoms with Gasteiger partial charge in [-0.2, -0.15) is 0 Å². The van der Waals surface area contributed by atoms with E-state index in [-0.39, 0.29) is 5.54 Å². The molecule has 0 N–H and O–H groups in total. The highest BCUT2D eigenvalue weighted by Gasteiger charge is 2.39. The highest BCUT2D eigenvalue weighted by atomic mass is 16.5. The van der Waals surface area contributed by atoms with Gasteiger partial charge in [0.15, 0.2) is 0 Å². The Morgan fingerprint density at radius 1 is 0.781 bits per heavy atom. The molecule has 2 saturated heterocycles. The van der Waals surface area contributed by atoms with Gasteiger partial charge in [-0.05, 0) is 78.4 Å². The quantitative estimate of drug-likeness (QED) is 0.406. The zero-order valence-electron chi connectivity index (χ0n) is 24.7. The third-order valence-electron chi connectivity index (χ3n) is 6.80. The number of ether oxygens (including phenoxy) is 1. The molecule has 0 spiro atoms. The lowest BCUT2D eigenvalue weighted by molar-refractivity contribution is -0.00716. The average molecular weight is 458 g/mol. The molecule has 2 heterocycles. The summed E-state index contributed by atoms with van der Waals surface area (Å²) in [7, 11) is 2.26. The predicted molar refractivity (Wildman–Crippen MR) is 146 cm³/mol. The van der Waals surface area contributed by atoms with Crippen molar-refractivity contribution in [3.05, 3.63) is 0 Å². The third kappa shape index (κ3) is 12.9. The molecule has 0 unspecified atom stereocenters. The van der Waals surface area contributed by atoms with E-state index in [1.807, 2.05) is 41.5 Å². The smallest absolute Gasteiger partial charge is 0.0596 e. The molecule has 2 aliphatic rings. The van der Waals surface area contributed by atoms with Crippen molar-refractivity contribution in [2.75, 3.05) is 59.5 Å². The number of hydrogen-bond donors (Lipinski definition) is 0. The number of nitrogens with zero attached hydrogens (tertiary/aromatic N) is 3. The van der Waals surface area contributed by atoms with Gasteiger partial charge in [-0.1, -0.05) is 55.4 Å². The molecule has 0 atom stereocenters. The zero-order chi connectivity index (χ0) is 25.4. The maximum absolute atomic E-state index is 5.72. The number of likely N-dealkylation sites (tertiary alicyclic amines) is 1. The van der Waals surface area contributed by atoms with E-state index in [1.54, 1.807) is 0 Å². The number of rotatable bonds is 8. The van der Waals surface area contributed by atoms with Crippen molar-refractivity contribution in [1.82, 2.24) is 14.7 Å². The average Bonchev–Trinajstić information content (AvgIpc) is 2.78. The van der Waals surface area contributed by atoms with Crippen molar-refractivity contribution in [2.24, 2.45) is 11.3 Å². The molecule has 196 valence electrons. The van der Waals surface area contributed by atoms with Gasteiger partial charge >= 0.3 is 0 Å². The van der Waals surface area contributed by atoms with Crippen molar-refractivity contribution in [2.45, 2.75) is 114 Å². The van der Waals surface area contributed by atoms with E-state index in [1.165, 1.54) is 58.5 Å². The first-order valence-electron chi connectivity index (χ1n) is 13.9.